The fourth-order valence-electron chi connectivity index (χ4n) is 3.87. The highest BCUT2D eigenvalue weighted by molar-refractivity contribution is 7.16. The van der Waals surface area contributed by atoms with Crippen molar-refractivity contribution in [3.8, 4) is 17.6 Å². The summed E-state index contributed by atoms with van der Waals surface area (Å²) in [6.45, 7) is -0.0390. The smallest absolute Gasteiger partial charge is 0.255 e. The number of ether oxygens (including phenoxy) is 2. The number of nitrogens with zero attached hydrogens (tertiary/aromatic N) is 1. The number of benzene rings is 2. The van der Waals surface area contributed by atoms with Crippen molar-refractivity contribution in [1.29, 1.82) is 5.26 Å². The Bertz CT molecular complexity index is 1260. The van der Waals surface area contributed by atoms with Crippen molar-refractivity contribution in [2.75, 3.05) is 36.7 Å². The summed E-state index contributed by atoms with van der Waals surface area (Å²) < 4.78 is 10.9. The predicted molar refractivity (Wildman–Crippen MR) is 132 cm³/mol. The molecule has 2 amide bonds. The second kappa shape index (κ2) is 10.3. The molecule has 4 rings (SSSR count). The molecule has 9 heteroatoms. The van der Waals surface area contributed by atoms with Gasteiger partial charge in [-0.3, -0.25) is 9.59 Å². The van der Waals surface area contributed by atoms with E-state index in [0.717, 1.165) is 24.8 Å². The van der Waals surface area contributed by atoms with E-state index in [0.29, 0.717) is 39.0 Å². The first-order chi connectivity index (χ1) is 16.5. The first kappa shape index (κ1) is 23.1. The molecule has 0 spiro atoms. The number of rotatable bonds is 8. The van der Waals surface area contributed by atoms with E-state index < -0.39 is 0 Å². The molecule has 1 aliphatic carbocycles. The van der Waals surface area contributed by atoms with Crippen molar-refractivity contribution in [3.05, 3.63) is 64.0 Å². The Morgan fingerprint density at radius 2 is 1.74 bits per heavy atom. The van der Waals surface area contributed by atoms with E-state index in [-0.39, 0.29) is 18.4 Å². The Balaban J connectivity index is 1.46. The Hall–Kier alpha value is -4.03. The number of aryl methyl sites for hydroxylation is 1. The van der Waals surface area contributed by atoms with Crippen molar-refractivity contribution in [1.82, 2.24) is 0 Å². The molecule has 0 atom stereocenters. The molecule has 0 aliphatic heterocycles. The Morgan fingerprint density at radius 3 is 2.44 bits per heavy atom. The monoisotopic (exact) mass is 476 g/mol. The van der Waals surface area contributed by atoms with Crippen LogP contribution in [0.2, 0.25) is 0 Å². The van der Waals surface area contributed by atoms with E-state index in [4.69, 9.17) is 9.47 Å². The van der Waals surface area contributed by atoms with E-state index in [1.807, 2.05) is 6.07 Å². The first-order valence-corrected chi connectivity index (χ1v) is 11.6. The lowest BCUT2D eigenvalue weighted by molar-refractivity contribution is -0.114. The molecule has 34 heavy (non-hydrogen) atoms. The maximum absolute atomic E-state index is 12.6. The highest BCUT2D eigenvalue weighted by Crippen LogP contribution is 2.39. The minimum absolute atomic E-state index is 0.0390. The van der Waals surface area contributed by atoms with Gasteiger partial charge in [-0.1, -0.05) is 18.2 Å². The van der Waals surface area contributed by atoms with Gasteiger partial charge >= 0.3 is 0 Å². The van der Waals surface area contributed by atoms with Crippen LogP contribution in [0.25, 0.3) is 0 Å². The maximum atomic E-state index is 12.6. The quantitative estimate of drug-likeness (QED) is 0.443. The van der Waals surface area contributed by atoms with Crippen molar-refractivity contribution in [2.24, 2.45) is 0 Å². The Labute approximate surface area is 201 Å². The van der Waals surface area contributed by atoms with Gasteiger partial charge in [-0.2, -0.15) is 5.26 Å². The van der Waals surface area contributed by atoms with Crippen molar-refractivity contribution in [2.45, 2.75) is 19.3 Å². The second-order valence-electron chi connectivity index (χ2n) is 7.65. The van der Waals surface area contributed by atoms with Crippen LogP contribution in [0.5, 0.6) is 11.5 Å². The van der Waals surface area contributed by atoms with Gasteiger partial charge in [0, 0.05) is 22.6 Å². The number of hydrogen-bond acceptors (Lipinski definition) is 7. The summed E-state index contributed by atoms with van der Waals surface area (Å²) in [6, 6.07) is 14.4. The lowest BCUT2D eigenvalue weighted by atomic mass is 10.1. The lowest BCUT2D eigenvalue weighted by Crippen LogP contribution is -2.22. The number of amides is 2. The Morgan fingerprint density at radius 1 is 1.03 bits per heavy atom. The summed E-state index contributed by atoms with van der Waals surface area (Å²) in [4.78, 5) is 26.3. The molecular weight excluding hydrogens is 452 g/mol. The van der Waals surface area contributed by atoms with E-state index in [1.54, 1.807) is 36.4 Å². The van der Waals surface area contributed by atoms with Crippen LogP contribution in [0.4, 0.5) is 16.4 Å². The van der Waals surface area contributed by atoms with Crippen molar-refractivity contribution < 1.29 is 19.1 Å². The van der Waals surface area contributed by atoms with E-state index in [2.05, 4.69) is 22.0 Å². The number of hydrogen-bond donors (Lipinski definition) is 3. The third-order valence-corrected chi connectivity index (χ3v) is 6.74. The van der Waals surface area contributed by atoms with Gasteiger partial charge in [-0.15, -0.1) is 11.3 Å². The zero-order chi connectivity index (χ0) is 24.1. The minimum atomic E-state index is -0.280. The average Bonchev–Trinajstić information content (AvgIpc) is 3.44. The SMILES string of the molecule is COc1cc(NC(=O)c2ccccc2)c(OC)cc1NCC(=O)Nc1sc2c(c1C#N)CCC2. The summed E-state index contributed by atoms with van der Waals surface area (Å²) in [7, 11) is 3.00. The average molecular weight is 477 g/mol. The van der Waals surface area contributed by atoms with Gasteiger partial charge in [0.05, 0.1) is 37.7 Å². The highest BCUT2D eigenvalue weighted by atomic mass is 32.1. The lowest BCUT2D eigenvalue weighted by Gasteiger charge is -2.16. The van der Waals surface area contributed by atoms with Crippen LogP contribution in [0, 0.1) is 11.3 Å². The summed E-state index contributed by atoms with van der Waals surface area (Å²) in [5, 5.41) is 18.8. The molecule has 2 aromatic carbocycles. The molecule has 8 nitrogen and oxygen atoms in total. The number of thiophene rings is 1. The number of methoxy groups -OCH3 is 2. The number of carbonyl (C=O) groups is 2. The summed E-state index contributed by atoms with van der Waals surface area (Å²) in [6.07, 6.45) is 2.88. The van der Waals surface area contributed by atoms with Crippen LogP contribution in [0.3, 0.4) is 0 Å². The zero-order valence-corrected chi connectivity index (χ0v) is 19.7. The largest absolute Gasteiger partial charge is 0.495 e. The molecule has 3 N–H and O–H groups in total. The summed E-state index contributed by atoms with van der Waals surface area (Å²) in [5.41, 5.74) is 3.12. The molecule has 0 bridgehead atoms. The number of anilines is 3. The molecule has 174 valence electrons. The third kappa shape index (κ3) is 4.82. The van der Waals surface area contributed by atoms with Gasteiger partial charge in [-0.05, 0) is 37.0 Å². The summed E-state index contributed by atoms with van der Waals surface area (Å²) >= 11 is 1.48. The number of nitriles is 1. The van der Waals surface area contributed by atoms with E-state index >= 15 is 0 Å². The molecule has 1 aromatic heterocycles. The fourth-order valence-corrected chi connectivity index (χ4v) is 5.13. The molecule has 1 aliphatic rings. The third-order valence-electron chi connectivity index (χ3n) is 5.53. The number of carbonyl (C=O) groups excluding carboxylic acids is 2. The van der Waals surface area contributed by atoms with Gasteiger partial charge in [0.25, 0.3) is 5.91 Å². The van der Waals surface area contributed by atoms with Gasteiger partial charge < -0.3 is 25.4 Å². The number of nitrogens with one attached hydrogen (secondary N) is 3. The molecule has 1 heterocycles. The molecule has 0 saturated heterocycles. The van der Waals surface area contributed by atoms with Crippen LogP contribution >= 0.6 is 11.3 Å². The topological polar surface area (TPSA) is 112 Å². The fraction of sp³-hybridized carbons (Fsp3) is 0.240. The van der Waals surface area contributed by atoms with Crippen LogP contribution in [0.1, 0.15) is 32.8 Å². The van der Waals surface area contributed by atoms with Crippen LogP contribution in [-0.4, -0.2) is 32.6 Å². The van der Waals surface area contributed by atoms with E-state index in [1.165, 1.54) is 30.4 Å². The van der Waals surface area contributed by atoms with E-state index in [9.17, 15) is 14.9 Å². The first-order valence-electron chi connectivity index (χ1n) is 10.7. The number of fused-ring (bicyclic) bond motifs is 1. The standard InChI is InChI=1S/C25H24N4O4S/c1-32-20-12-19(28-24(31)15-7-4-3-5-8-15)21(33-2)11-18(20)27-14-23(30)29-25-17(13-26)16-9-6-10-22(16)34-25/h3-5,7-8,11-12,27H,6,9-10,14H2,1-2H3,(H,28,31)(H,29,30). The minimum Gasteiger partial charge on any atom is -0.495 e. The molecule has 0 unspecified atom stereocenters. The molecular formula is C25H24N4O4S. The molecule has 0 fully saturated rings. The van der Waals surface area contributed by atoms with Gasteiger partial charge in [0.1, 0.15) is 22.6 Å². The highest BCUT2D eigenvalue weighted by Gasteiger charge is 2.23. The normalized spacial score (nSPS) is 11.8. The van der Waals surface area contributed by atoms with Crippen molar-refractivity contribution >= 4 is 39.5 Å². The second-order valence-corrected chi connectivity index (χ2v) is 8.75. The van der Waals surface area contributed by atoms with Crippen LogP contribution in [0.15, 0.2) is 42.5 Å². The predicted octanol–water partition coefficient (Wildman–Crippen LogP) is 4.43. The molecule has 0 saturated carbocycles. The maximum Gasteiger partial charge on any atom is 0.255 e. The van der Waals surface area contributed by atoms with Crippen LogP contribution < -0.4 is 25.4 Å². The molecule has 3 aromatic rings. The van der Waals surface area contributed by atoms with Crippen molar-refractivity contribution in [3.63, 3.8) is 0 Å². The van der Waals surface area contributed by atoms with Gasteiger partial charge in [-0.25, -0.2) is 0 Å². The summed E-state index contributed by atoms with van der Waals surface area (Å²) in [5.74, 6) is 0.287. The van der Waals surface area contributed by atoms with Gasteiger partial charge in [0.15, 0.2) is 0 Å². The Kier molecular flexibility index (Phi) is 6.99. The van der Waals surface area contributed by atoms with Gasteiger partial charge in [0.2, 0.25) is 5.91 Å². The zero-order valence-electron chi connectivity index (χ0n) is 18.9. The molecule has 0 radical (unpaired) electrons. The van der Waals surface area contributed by atoms with Crippen LogP contribution in [-0.2, 0) is 17.6 Å².